The number of hydrogen-bond acceptors (Lipinski definition) is 2. The number of benzene rings is 1. The molecule has 1 amide bonds. The zero-order valence-electron chi connectivity index (χ0n) is 9.75. The van der Waals surface area contributed by atoms with Crippen molar-refractivity contribution < 1.29 is 9.53 Å². The summed E-state index contributed by atoms with van der Waals surface area (Å²) in [6.45, 7) is 0.723. The lowest BCUT2D eigenvalue weighted by Crippen LogP contribution is -2.25. The molecule has 0 N–H and O–H groups in total. The molecule has 1 saturated heterocycles. The smallest absolute Gasteiger partial charge is 0.227 e. The Hall–Kier alpha value is -0.0700. The zero-order valence-corrected chi connectivity index (χ0v) is 14.5. The topological polar surface area (TPSA) is 29.5 Å². The molecule has 98 valence electrons. The van der Waals surface area contributed by atoms with E-state index in [1.54, 1.807) is 12.0 Å². The lowest BCUT2D eigenvalue weighted by atomic mass is 10.2. The van der Waals surface area contributed by atoms with Crippen LogP contribution >= 0.6 is 47.8 Å². The number of amides is 1. The van der Waals surface area contributed by atoms with Crippen molar-refractivity contribution in [3.8, 4) is 5.75 Å². The highest BCUT2D eigenvalue weighted by Gasteiger charge is 2.32. The molecule has 6 heteroatoms. The summed E-state index contributed by atoms with van der Waals surface area (Å²) < 4.78 is 7.15. The van der Waals surface area contributed by atoms with Gasteiger partial charge in [0.1, 0.15) is 11.4 Å². The molecule has 0 radical (unpaired) electrons. The lowest BCUT2D eigenvalue weighted by Gasteiger charge is -2.21. The van der Waals surface area contributed by atoms with E-state index < -0.39 is 0 Å². The number of hydrogen-bond donors (Lipinski definition) is 0. The van der Waals surface area contributed by atoms with Gasteiger partial charge in [0.25, 0.3) is 0 Å². The molecule has 0 spiro atoms. The molecule has 0 aliphatic carbocycles. The Morgan fingerprint density at radius 2 is 2.17 bits per heavy atom. The number of carbonyl (C=O) groups is 1. The fraction of sp³-hybridized carbons (Fsp3) is 0.417. The van der Waals surface area contributed by atoms with E-state index in [4.69, 9.17) is 4.74 Å². The number of ether oxygens (including phenoxy) is 1. The second kappa shape index (κ2) is 5.92. The zero-order chi connectivity index (χ0) is 13.3. The highest BCUT2D eigenvalue weighted by molar-refractivity contribution is 9.11. The van der Waals surface area contributed by atoms with Gasteiger partial charge in [0.15, 0.2) is 0 Å². The van der Waals surface area contributed by atoms with Crippen molar-refractivity contribution in [2.45, 2.75) is 6.42 Å². The molecule has 1 atom stereocenters. The molecule has 0 saturated carbocycles. The molecular weight excluding hydrogens is 430 g/mol. The second-order valence-corrected chi connectivity index (χ2v) is 6.58. The maximum absolute atomic E-state index is 12.1. The van der Waals surface area contributed by atoms with Crippen molar-refractivity contribution in [1.82, 2.24) is 0 Å². The molecule has 1 aromatic rings. The molecule has 1 fully saturated rings. The van der Waals surface area contributed by atoms with E-state index in [0.717, 1.165) is 26.5 Å². The summed E-state index contributed by atoms with van der Waals surface area (Å²) in [5, 5.41) is 0.839. The van der Waals surface area contributed by atoms with Crippen LogP contribution in [-0.2, 0) is 4.79 Å². The first-order chi connectivity index (χ1) is 8.56. The third kappa shape index (κ3) is 2.75. The van der Waals surface area contributed by atoms with Gasteiger partial charge in [-0.05, 0) is 34.0 Å². The Balaban J connectivity index is 2.42. The minimum Gasteiger partial charge on any atom is -0.494 e. The summed E-state index contributed by atoms with van der Waals surface area (Å²) in [6, 6.07) is 3.79. The lowest BCUT2D eigenvalue weighted by molar-refractivity contribution is -0.117. The normalized spacial score (nSPS) is 19.4. The Morgan fingerprint density at radius 3 is 2.72 bits per heavy atom. The van der Waals surface area contributed by atoms with Crippen LogP contribution in [0.3, 0.4) is 0 Å². The van der Waals surface area contributed by atoms with Crippen LogP contribution in [0.2, 0.25) is 0 Å². The van der Waals surface area contributed by atoms with Crippen molar-refractivity contribution in [2.24, 2.45) is 5.92 Å². The Bertz CT molecular complexity index is 479. The van der Waals surface area contributed by atoms with Gasteiger partial charge in [-0.2, -0.15) is 0 Å². The molecular formula is C12H12Br3NO2. The Labute approximate surface area is 131 Å². The number of methoxy groups -OCH3 is 1. The van der Waals surface area contributed by atoms with E-state index in [-0.39, 0.29) is 5.91 Å². The fourth-order valence-corrected chi connectivity index (χ4v) is 3.89. The molecule has 1 aliphatic rings. The number of rotatable bonds is 3. The minimum absolute atomic E-state index is 0.140. The summed E-state index contributed by atoms with van der Waals surface area (Å²) in [6.07, 6.45) is 0.580. The van der Waals surface area contributed by atoms with E-state index in [1.165, 1.54) is 0 Å². The number of carbonyl (C=O) groups excluding carboxylic acids is 1. The highest BCUT2D eigenvalue weighted by Crippen LogP contribution is 2.41. The van der Waals surface area contributed by atoms with Gasteiger partial charge in [-0.25, -0.2) is 0 Å². The SMILES string of the molecule is COc1cc(Br)cc(Br)c1N1CC(CBr)CC1=O. The van der Waals surface area contributed by atoms with Crippen molar-refractivity contribution in [2.75, 3.05) is 23.9 Å². The van der Waals surface area contributed by atoms with Gasteiger partial charge in [0.2, 0.25) is 5.91 Å². The fourth-order valence-electron chi connectivity index (χ4n) is 2.06. The molecule has 1 aromatic carbocycles. The van der Waals surface area contributed by atoms with Crippen LogP contribution in [0.15, 0.2) is 21.1 Å². The predicted octanol–water partition coefficient (Wildman–Crippen LogP) is 3.97. The van der Waals surface area contributed by atoms with E-state index in [1.807, 2.05) is 12.1 Å². The Kier molecular flexibility index (Phi) is 4.72. The number of nitrogens with zero attached hydrogens (tertiary/aromatic N) is 1. The molecule has 0 aromatic heterocycles. The van der Waals surface area contributed by atoms with Crippen LogP contribution in [0, 0.1) is 5.92 Å². The molecule has 1 aliphatic heterocycles. The van der Waals surface area contributed by atoms with Crippen molar-refractivity contribution in [1.29, 1.82) is 0 Å². The van der Waals surface area contributed by atoms with E-state index >= 15 is 0 Å². The Morgan fingerprint density at radius 1 is 1.44 bits per heavy atom. The molecule has 1 unspecified atom stereocenters. The minimum atomic E-state index is 0.140. The van der Waals surface area contributed by atoms with Crippen molar-refractivity contribution in [3.63, 3.8) is 0 Å². The van der Waals surface area contributed by atoms with E-state index in [2.05, 4.69) is 47.8 Å². The maximum atomic E-state index is 12.1. The van der Waals surface area contributed by atoms with Gasteiger partial charge in [-0.3, -0.25) is 4.79 Å². The monoisotopic (exact) mass is 439 g/mol. The molecule has 18 heavy (non-hydrogen) atoms. The summed E-state index contributed by atoms with van der Waals surface area (Å²) >= 11 is 10.4. The third-order valence-corrected chi connectivity index (χ3v) is 4.88. The average Bonchev–Trinajstić information content (AvgIpc) is 2.69. The molecule has 2 rings (SSSR count). The first-order valence-electron chi connectivity index (χ1n) is 5.46. The number of alkyl halides is 1. The standard InChI is InChI=1S/C12H12Br3NO2/c1-18-10-4-8(14)3-9(15)12(10)16-6-7(5-13)2-11(16)17/h3-4,7H,2,5-6H2,1H3. The first kappa shape index (κ1) is 14.3. The van der Waals surface area contributed by atoms with Crippen LogP contribution < -0.4 is 9.64 Å². The van der Waals surface area contributed by atoms with Crippen LogP contribution in [-0.4, -0.2) is 24.9 Å². The molecule has 3 nitrogen and oxygen atoms in total. The van der Waals surface area contributed by atoms with Gasteiger partial charge < -0.3 is 9.64 Å². The highest BCUT2D eigenvalue weighted by atomic mass is 79.9. The van der Waals surface area contributed by atoms with Gasteiger partial charge >= 0.3 is 0 Å². The van der Waals surface area contributed by atoms with E-state index in [9.17, 15) is 4.79 Å². The van der Waals surface area contributed by atoms with Gasteiger partial charge in [0.05, 0.1) is 7.11 Å². The van der Waals surface area contributed by atoms with Crippen LogP contribution in [0.5, 0.6) is 5.75 Å². The summed E-state index contributed by atoms with van der Waals surface area (Å²) in [4.78, 5) is 13.9. The first-order valence-corrected chi connectivity index (χ1v) is 8.17. The summed E-state index contributed by atoms with van der Waals surface area (Å²) in [5.41, 5.74) is 0.814. The van der Waals surface area contributed by atoms with Crippen molar-refractivity contribution in [3.05, 3.63) is 21.1 Å². The summed E-state index contributed by atoms with van der Waals surface area (Å²) in [7, 11) is 1.61. The molecule has 1 heterocycles. The third-order valence-electron chi connectivity index (χ3n) is 2.91. The van der Waals surface area contributed by atoms with Crippen molar-refractivity contribution >= 4 is 59.4 Å². The largest absolute Gasteiger partial charge is 0.494 e. The molecule has 0 bridgehead atoms. The van der Waals surface area contributed by atoms with Crippen LogP contribution in [0.1, 0.15) is 6.42 Å². The van der Waals surface area contributed by atoms with Gasteiger partial charge in [-0.15, -0.1) is 0 Å². The second-order valence-electron chi connectivity index (χ2n) is 4.17. The van der Waals surface area contributed by atoms with E-state index in [0.29, 0.717) is 18.1 Å². The summed E-state index contributed by atoms with van der Waals surface area (Å²) in [5.74, 6) is 1.19. The van der Waals surface area contributed by atoms with Crippen LogP contribution in [0.4, 0.5) is 5.69 Å². The number of halogens is 3. The maximum Gasteiger partial charge on any atom is 0.227 e. The van der Waals surface area contributed by atoms with Crippen LogP contribution in [0.25, 0.3) is 0 Å². The van der Waals surface area contributed by atoms with Gasteiger partial charge in [0, 0.05) is 27.2 Å². The predicted molar refractivity (Wildman–Crippen MR) is 82.6 cm³/mol. The van der Waals surface area contributed by atoms with Gasteiger partial charge in [-0.1, -0.05) is 31.9 Å². The quantitative estimate of drug-likeness (QED) is 0.664. The average molecular weight is 442 g/mol. The number of anilines is 1.